The van der Waals surface area contributed by atoms with Gasteiger partial charge in [-0.25, -0.2) is 9.78 Å². The molecule has 1 N–H and O–H groups in total. The van der Waals surface area contributed by atoms with Crippen LogP contribution in [0.5, 0.6) is 0 Å². The molecule has 0 saturated heterocycles. The maximum atomic E-state index is 11.8. The molecule has 134 valence electrons. The number of esters is 1. The van der Waals surface area contributed by atoms with Crippen LogP contribution in [0.25, 0.3) is 11.0 Å². The Labute approximate surface area is 153 Å². The van der Waals surface area contributed by atoms with Gasteiger partial charge in [0, 0.05) is 11.7 Å². The predicted octanol–water partition coefficient (Wildman–Crippen LogP) is 5.07. The second-order valence-corrected chi connectivity index (χ2v) is 6.66. The van der Waals surface area contributed by atoms with E-state index in [2.05, 4.69) is 28.1 Å². The number of hydrogen-bond acceptors (Lipinski definition) is 4. The topological polar surface area (TPSA) is 56.1 Å². The number of hydrogen-bond donors (Lipinski definition) is 1. The van der Waals surface area contributed by atoms with Crippen LogP contribution in [-0.2, 0) is 4.74 Å². The average Bonchev–Trinajstić information content (AvgIpc) is 3.29. The third-order valence-electron chi connectivity index (χ3n) is 4.94. The van der Waals surface area contributed by atoms with Gasteiger partial charge >= 0.3 is 5.97 Å². The summed E-state index contributed by atoms with van der Waals surface area (Å²) in [7, 11) is 0. The van der Waals surface area contributed by atoms with Crippen LogP contribution < -0.4 is 5.32 Å². The molecule has 1 fully saturated rings. The number of nitrogens with zero attached hydrogens (tertiary/aromatic N) is 2. The molecule has 2 aromatic carbocycles. The van der Waals surface area contributed by atoms with Crippen LogP contribution in [0, 0.1) is 0 Å². The number of rotatable bonds is 5. The highest BCUT2D eigenvalue weighted by Gasteiger charge is 2.22. The molecule has 0 atom stereocenters. The van der Waals surface area contributed by atoms with Crippen LogP contribution in [0.2, 0.25) is 0 Å². The first kappa shape index (κ1) is 16.6. The van der Waals surface area contributed by atoms with Crippen LogP contribution in [0.3, 0.4) is 0 Å². The van der Waals surface area contributed by atoms with Gasteiger partial charge in [-0.1, -0.05) is 25.0 Å². The lowest BCUT2D eigenvalue weighted by Crippen LogP contribution is -2.09. The molecule has 1 saturated carbocycles. The largest absolute Gasteiger partial charge is 0.462 e. The number of para-hydroxylation sites is 2. The number of anilines is 2. The van der Waals surface area contributed by atoms with Crippen LogP contribution in [0.15, 0.2) is 48.5 Å². The maximum Gasteiger partial charge on any atom is 0.338 e. The minimum absolute atomic E-state index is 0.294. The summed E-state index contributed by atoms with van der Waals surface area (Å²) in [5, 5.41) is 3.44. The monoisotopic (exact) mass is 349 g/mol. The van der Waals surface area contributed by atoms with Crippen molar-refractivity contribution < 1.29 is 9.53 Å². The molecule has 1 heterocycles. The maximum absolute atomic E-state index is 11.8. The van der Waals surface area contributed by atoms with E-state index in [1.165, 1.54) is 31.2 Å². The third-order valence-corrected chi connectivity index (χ3v) is 4.94. The molecule has 5 nitrogen and oxygen atoms in total. The van der Waals surface area contributed by atoms with Gasteiger partial charge in [-0.05, 0) is 56.2 Å². The predicted molar refractivity (Wildman–Crippen MR) is 103 cm³/mol. The molecule has 3 aromatic rings. The zero-order valence-electron chi connectivity index (χ0n) is 14.9. The number of ether oxygens (including phenoxy) is 1. The minimum atomic E-state index is -0.294. The van der Waals surface area contributed by atoms with E-state index in [0.29, 0.717) is 18.2 Å². The Hall–Kier alpha value is -2.82. The van der Waals surface area contributed by atoms with Crippen LogP contribution in [0.4, 0.5) is 11.6 Å². The number of benzene rings is 2. The molecule has 1 aromatic heterocycles. The summed E-state index contributed by atoms with van der Waals surface area (Å²) >= 11 is 0. The van der Waals surface area contributed by atoms with Gasteiger partial charge in [0.15, 0.2) is 0 Å². The van der Waals surface area contributed by atoms with Crippen molar-refractivity contribution >= 4 is 28.6 Å². The molecule has 5 heteroatoms. The quantitative estimate of drug-likeness (QED) is 0.653. The van der Waals surface area contributed by atoms with E-state index in [-0.39, 0.29) is 5.97 Å². The fourth-order valence-electron chi connectivity index (χ4n) is 3.70. The lowest BCUT2D eigenvalue weighted by atomic mass is 10.2. The lowest BCUT2D eigenvalue weighted by Gasteiger charge is -2.17. The first-order valence-corrected chi connectivity index (χ1v) is 9.27. The van der Waals surface area contributed by atoms with Gasteiger partial charge in [-0.2, -0.15) is 0 Å². The van der Waals surface area contributed by atoms with Crippen molar-refractivity contribution in [3.8, 4) is 0 Å². The summed E-state index contributed by atoms with van der Waals surface area (Å²) in [6, 6.07) is 16.1. The van der Waals surface area contributed by atoms with E-state index in [1.54, 1.807) is 19.1 Å². The SMILES string of the molecule is CCOC(=O)c1ccc(Nc2nc3ccccc3n2C2CCCC2)cc1. The van der Waals surface area contributed by atoms with Crippen molar-refractivity contribution in [1.29, 1.82) is 0 Å². The van der Waals surface area contributed by atoms with E-state index in [0.717, 1.165) is 17.2 Å². The molecule has 0 spiro atoms. The highest BCUT2D eigenvalue weighted by molar-refractivity contribution is 5.90. The average molecular weight is 349 g/mol. The van der Waals surface area contributed by atoms with Gasteiger partial charge in [0.2, 0.25) is 5.95 Å². The summed E-state index contributed by atoms with van der Waals surface area (Å²) in [5.74, 6) is 0.569. The third kappa shape index (κ3) is 3.17. The Balaban J connectivity index is 1.64. The molecular weight excluding hydrogens is 326 g/mol. The molecular formula is C21H23N3O2. The Bertz CT molecular complexity index is 909. The highest BCUT2D eigenvalue weighted by Crippen LogP contribution is 2.36. The Morgan fingerprint density at radius 2 is 1.88 bits per heavy atom. The molecule has 0 unspecified atom stereocenters. The minimum Gasteiger partial charge on any atom is -0.462 e. The molecule has 26 heavy (non-hydrogen) atoms. The van der Waals surface area contributed by atoms with E-state index >= 15 is 0 Å². The Morgan fingerprint density at radius 3 is 2.62 bits per heavy atom. The number of nitrogens with one attached hydrogen (secondary N) is 1. The van der Waals surface area contributed by atoms with Crippen LogP contribution in [0.1, 0.15) is 49.0 Å². The second kappa shape index (κ2) is 7.20. The van der Waals surface area contributed by atoms with Crippen LogP contribution in [-0.4, -0.2) is 22.1 Å². The van der Waals surface area contributed by atoms with Crippen molar-refractivity contribution in [3.63, 3.8) is 0 Å². The summed E-state index contributed by atoms with van der Waals surface area (Å²) in [5.41, 5.74) is 3.64. The molecule has 0 bridgehead atoms. The van der Waals surface area contributed by atoms with Gasteiger partial charge in [-0.15, -0.1) is 0 Å². The number of fused-ring (bicyclic) bond motifs is 1. The molecule has 0 aliphatic heterocycles. The summed E-state index contributed by atoms with van der Waals surface area (Å²) < 4.78 is 7.37. The molecule has 1 aliphatic carbocycles. The number of carbonyl (C=O) groups excluding carboxylic acids is 1. The zero-order chi connectivity index (χ0) is 17.9. The zero-order valence-corrected chi connectivity index (χ0v) is 14.9. The molecule has 1 aliphatic rings. The molecule has 4 rings (SSSR count). The van der Waals surface area contributed by atoms with Crippen LogP contribution >= 0.6 is 0 Å². The van der Waals surface area contributed by atoms with Gasteiger partial charge in [0.25, 0.3) is 0 Å². The summed E-state index contributed by atoms with van der Waals surface area (Å²) in [6.45, 7) is 2.19. The normalized spacial score (nSPS) is 14.7. The number of carbonyl (C=O) groups is 1. The van der Waals surface area contributed by atoms with Gasteiger partial charge in [-0.3, -0.25) is 0 Å². The van der Waals surface area contributed by atoms with Crippen molar-refractivity contribution in [3.05, 3.63) is 54.1 Å². The van der Waals surface area contributed by atoms with Crippen molar-refractivity contribution in [2.75, 3.05) is 11.9 Å². The van der Waals surface area contributed by atoms with E-state index in [9.17, 15) is 4.79 Å². The lowest BCUT2D eigenvalue weighted by molar-refractivity contribution is 0.0526. The fourth-order valence-corrected chi connectivity index (χ4v) is 3.70. The first-order chi connectivity index (χ1) is 12.8. The number of imidazole rings is 1. The van der Waals surface area contributed by atoms with Crippen molar-refractivity contribution in [2.45, 2.75) is 38.6 Å². The van der Waals surface area contributed by atoms with Gasteiger partial charge in [0.05, 0.1) is 23.2 Å². The van der Waals surface area contributed by atoms with Gasteiger partial charge in [0.1, 0.15) is 0 Å². The standard InChI is InChI=1S/C21H23N3O2/c1-2-26-20(25)15-11-13-16(14-12-15)22-21-23-18-9-5-6-10-19(18)24(21)17-7-3-4-8-17/h5-6,9-14,17H,2-4,7-8H2,1H3,(H,22,23). The van der Waals surface area contributed by atoms with Crippen molar-refractivity contribution in [2.24, 2.45) is 0 Å². The molecule has 0 amide bonds. The van der Waals surface area contributed by atoms with E-state index in [4.69, 9.17) is 9.72 Å². The Kier molecular flexibility index (Phi) is 4.61. The van der Waals surface area contributed by atoms with E-state index in [1.807, 2.05) is 18.2 Å². The summed E-state index contributed by atoms with van der Waals surface area (Å²) in [6.07, 6.45) is 4.92. The molecule has 0 radical (unpaired) electrons. The second-order valence-electron chi connectivity index (χ2n) is 6.66. The van der Waals surface area contributed by atoms with Crippen molar-refractivity contribution in [1.82, 2.24) is 9.55 Å². The Morgan fingerprint density at radius 1 is 1.15 bits per heavy atom. The van der Waals surface area contributed by atoms with E-state index < -0.39 is 0 Å². The van der Waals surface area contributed by atoms with Gasteiger partial charge < -0.3 is 14.6 Å². The number of aromatic nitrogens is 2. The first-order valence-electron chi connectivity index (χ1n) is 9.27. The summed E-state index contributed by atoms with van der Waals surface area (Å²) in [4.78, 5) is 16.6. The smallest absolute Gasteiger partial charge is 0.338 e. The highest BCUT2D eigenvalue weighted by atomic mass is 16.5. The fraction of sp³-hybridized carbons (Fsp3) is 0.333.